The summed E-state index contributed by atoms with van der Waals surface area (Å²) in [6, 6.07) is 8.97. The average Bonchev–Trinajstić information content (AvgIpc) is 2.96. The first-order valence-corrected chi connectivity index (χ1v) is 10.8. The summed E-state index contributed by atoms with van der Waals surface area (Å²) in [5, 5.41) is 10.9. The molecule has 1 amide bonds. The summed E-state index contributed by atoms with van der Waals surface area (Å²) in [7, 11) is -2.32. The van der Waals surface area contributed by atoms with Crippen LogP contribution < -0.4 is 19.6 Å². The van der Waals surface area contributed by atoms with Gasteiger partial charge in [-0.05, 0) is 61.9 Å². The number of rotatable bonds is 6. The normalized spacial score (nSPS) is 15.5. The zero-order chi connectivity index (χ0) is 22.1. The molecule has 0 bridgehead atoms. The van der Waals surface area contributed by atoms with Gasteiger partial charge in [0.25, 0.3) is 5.91 Å². The van der Waals surface area contributed by atoms with Crippen molar-refractivity contribution in [3.05, 3.63) is 52.6 Å². The molecule has 2 N–H and O–H groups in total. The smallest absolute Gasteiger partial charge is 0.280 e. The van der Waals surface area contributed by atoms with Gasteiger partial charge in [-0.25, -0.2) is 13.6 Å². The zero-order valence-electron chi connectivity index (χ0n) is 16.5. The summed E-state index contributed by atoms with van der Waals surface area (Å²) in [6.45, 7) is 3.97. The number of methoxy groups -OCH3 is 1. The molecule has 158 valence electrons. The molecule has 2 aromatic rings. The standard InChI is InChI=1S/C20H20ClN3O5S/c1-4-29-18-11-13(10-17(21)19(18)28-3)9-16-12(2)23-24(20(16)25)14-5-7-15(8-6-14)30(22,26)27/h5-11H,4H2,1-3H3,(H2,22,26,27). The molecule has 0 atom stereocenters. The number of ether oxygens (including phenoxy) is 2. The van der Waals surface area contributed by atoms with Crippen molar-refractivity contribution in [3.63, 3.8) is 0 Å². The van der Waals surface area contributed by atoms with Gasteiger partial charge in [0, 0.05) is 0 Å². The van der Waals surface area contributed by atoms with Crippen molar-refractivity contribution >= 4 is 45.0 Å². The quantitative estimate of drug-likeness (QED) is 0.680. The summed E-state index contributed by atoms with van der Waals surface area (Å²) < 4.78 is 33.7. The maximum absolute atomic E-state index is 12.9. The van der Waals surface area contributed by atoms with Gasteiger partial charge in [0.2, 0.25) is 10.0 Å². The Hall–Kier alpha value is -2.88. The van der Waals surface area contributed by atoms with E-state index < -0.39 is 10.0 Å². The van der Waals surface area contributed by atoms with E-state index >= 15 is 0 Å². The molecule has 0 aliphatic carbocycles. The highest BCUT2D eigenvalue weighted by Crippen LogP contribution is 2.37. The third-order valence-electron chi connectivity index (χ3n) is 4.32. The molecule has 1 heterocycles. The molecule has 0 fully saturated rings. The van der Waals surface area contributed by atoms with Gasteiger partial charge in [-0.15, -0.1) is 0 Å². The first-order valence-electron chi connectivity index (χ1n) is 8.90. The monoisotopic (exact) mass is 449 g/mol. The van der Waals surface area contributed by atoms with Crippen LogP contribution >= 0.6 is 11.6 Å². The molecule has 10 heteroatoms. The minimum atomic E-state index is -3.82. The zero-order valence-corrected chi connectivity index (χ0v) is 18.1. The van der Waals surface area contributed by atoms with Crippen LogP contribution in [0.15, 0.2) is 52.0 Å². The Morgan fingerprint density at radius 3 is 2.47 bits per heavy atom. The molecule has 0 saturated heterocycles. The van der Waals surface area contributed by atoms with Crippen molar-refractivity contribution in [2.45, 2.75) is 18.7 Å². The predicted octanol–water partition coefficient (Wildman–Crippen LogP) is 3.20. The second-order valence-corrected chi connectivity index (χ2v) is 8.34. The minimum absolute atomic E-state index is 0.0503. The molecule has 0 aromatic heterocycles. The van der Waals surface area contributed by atoms with Gasteiger partial charge in [0.1, 0.15) is 0 Å². The maximum atomic E-state index is 12.9. The van der Waals surface area contributed by atoms with E-state index in [0.29, 0.717) is 45.7 Å². The van der Waals surface area contributed by atoms with Crippen LogP contribution in [0.1, 0.15) is 19.4 Å². The van der Waals surface area contributed by atoms with Gasteiger partial charge in [-0.2, -0.15) is 10.1 Å². The van der Waals surface area contributed by atoms with E-state index in [-0.39, 0.29) is 10.8 Å². The molecule has 0 saturated carbocycles. The predicted molar refractivity (Wildman–Crippen MR) is 116 cm³/mol. The molecule has 2 aromatic carbocycles. The fourth-order valence-electron chi connectivity index (χ4n) is 2.94. The Labute approximate surface area is 179 Å². The number of hydrogen-bond donors (Lipinski definition) is 1. The lowest BCUT2D eigenvalue weighted by Gasteiger charge is -2.13. The van der Waals surface area contributed by atoms with Crippen LogP contribution in [-0.2, 0) is 14.8 Å². The molecule has 8 nitrogen and oxygen atoms in total. The number of carbonyl (C=O) groups excluding carboxylic acids is 1. The lowest BCUT2D eigenvalue weighted by atomic mass is 10.1. The Kier molecular flexibility index (Phi) is 6.16. The molecular formula is C20H20ClN3O5S. The molecule has 0 spiro atoms. The summed E-state index contributed by atoms with van der Waals surface area (Å²) in [5.41, 5.74) is 1.93. The van der Waals surface area contributed by atoms with Crippen molar-refractivity contribution in [1.29, 1.82) is 0 Å². The van der Waals surface area contributed by atoms with Crippen LogP contribution in [0.25, 0.3) is 6.08 Å². The number of sulfonamides is 1. The highest BCUT2D eigenvalue weighted by atomic mass is 35.5. The number of primary sulfonamides is 1. The van der Waals surface area contributed by atoms with Crippen molar-refractivity contribution in [2.24, 2.45) is 10.2 Å². The highest BCUT2D eigenvalue weighted by Gasteiger charge is 2.29. The Morgan fingerprint density at radius 2 is 1.90 bits per heavy atom. The molecule has 30 heavy (non-hydrogen) atoms. The van der Waals surface area contributed by atoms with Gasteiger partial charge in [0.15, 0.2) is 11.5 Å². The molecule has 0 unspecified atom stereocenters. The first kappa shape index (κ1) is 21.8. The number of hydrazone groups is 1. The number of carbonyl (C=O) groups is 1. The lowest BCUT2D eigenvalue weighted by Crippen LogP contribution is -2.21. The van der Waals surface area contributed by atoms with E-state index in [1.54, 1.807) is 25.1 Å². The number of halogens is 1. The van der Waals surface area contributed by atoms with Crippen LogP contribution in [0.5, 0.6) is 11.5 Å². The van der Waals surface area contributed by atoms with E-state index in [1.807, 2.05) is 6.92 Å². The number of benzene rings is 2. The largest absolute Gasteiger partial charge is 0.491 e. The second-order valence-electron chi connectivity index (χ2n) is 6.37. The fourth-order valence-corrected chi connectivity index (χ4v) is 3.75. The number of anilines is 1. The van der Waals surface area contributed by atoms with Crippen LogP contribution in [-0.4, -0.2) is 33.8 Å². The molecule has 1 aliphatic rings. The topological polar surface area (TPSA) is 111 Å². The van der Waals surface area contributed by atoms with Crippen LogP contribution in [0.3, 0.4) is 0 Å². The Morgan fingerprint density at radius 1 is 1.23 bits per heavy atom. The van der Waals surface area contributed by atoms with E-state index in [0.717, 1.165) is 0 Å². The highest BCUT2D eigenvalue weighted by molar-refractivity contribution is 7.89. The summed E-state index contributed by atoms with van der Waals surface area (Å²) in [5.74, 6) is 0.524. The molecular weight excluding hydrogens is 430 g/mol. The summed E-state index contributed by atoms with van der Waals surface area (Å²) >= 11 is 6.29. The van der Waals surface area contributed by atoms with Gasteiger partial charge in [-0.3, -0.25) is 4.79 Å². The first-order chi connectivity index (χ1) is 14.2. The minimum Gasteiger partial charge on any atom is -0.491 e. The SMILES string of the molecule is CCOc1cc(C=C2C(=O)N(c3ccc(S(N)(=O)=O)cc3)N=C2C)cc(Cl)c1OC. The molecule has 3 rings (SSSR count). The third kappa shape index (κ3) is 4.33. The van der Waals surface area contributed by atoms with Gasteiger partial charge in [-0.1, -0.05) is 11.6 Å². The molecule has 1 aliphatic heterocycles. The maximum Gasteiger partial charge on any atom is 0.280 e. The fraction of sp³-hybridized carbons (Fsp3) is 0.200. The van der Waals surface area contributed by atoms with Crippen molar-refractivity contribution in [2.75, 3.05) is 18.7 Å². The van der Waals surface area contributed by atoms with E-state index in [9.17, 15) is 13.2 Å². The van der Waals surface area contributed by atoms with E-state index in [2.05, 4.69) is 5.10 Å². The second kappa shape index (κ2) is 8.47. The van der Waals surface area contributed by atoms with E-state index in [4.69, 9.17) is 26.2 Å². The van der Waals surface area contributed by atoms with Gasteiger partial charge >= 0.3 is 0 Å². The third-order valence-corrected chi connectivity index (χ3v) is 5.53. The average molecular weight is 450 g/mol. The van der Waals surface area contributed by atoms with Crippen molar-refractivity contribution < 1.29 is 22.7 Å². The van der Waals surface area contributed by atoms with Gasteiger partial charge in [0.05, 0.1) is 40.6 Å². The number of nitrogens with zero attached hydrogens (tertiary/aromatic N) is 2. The molecule has 0 radical (unpaired) electrons. The van der Waals surface area contributed by atoms with E-state index in [1.165, 1.54) is 36.4 Å². The Bertz CT molecular complexity index is 1160. The van der Waals surface area contributed by atoms with Gasteiger partial charge < -0.3 is 9.47 Å². The van der Waals surface area contributed by atoms with Crippen molar-refractivity contribution in [3.8, 4) is 11.5 Å². The van der Waals surface area contributed by atoms with Crippen LogP contribution in [0.2, 0.25) is 5.02 Å². The Balaban J connectivity index is 1.95. The number of hydrogen-bond acceptors (Lipinski definition) is 6. The van der Waals surface area contributed by atoms with Crippen LogP contribution in [0, 0.1) is 0 Å². The van der Waals surface area contributed by atoms with Crippen molar-refractivity contribution in [1.82, 2.24) is 0 Å². The van der Waals surface area contributed by atoms with Crippen LogP contribution in [0.4, 0.5) is 5.69 Å². The number of amides is 1. The summed E-state index contributed by atoms with van der Waals surface area (Å²) in [6.07, 6.45) is 1.66. The lowest BCUT2D eigenvalue weighted by molar-refractivity contribution is -0.114. The summed E-state index contributed by atoms with van der Waals surface area (Å²) in [4.78, 5) is 12.9. The number of nitrogens with two attached hydrogens (primary N) is 1.